The van der Waals surface area contributed by atoms with Crippen LogP contribution in [-0.2, 0) is 6.42 Å². The van der Waals surface area contributed by atoms with Gasteiger partial charge in [-0.05, 0) is 50.5 Å². The van der Waals surface area contributed by atoms with Crippen LogP contribution in [0.1, 0.15) is 35.9 Å². The molecule has 0 amide bonds. The predicted octanol–water partition coefficient (Wildman–Crippen LogP) is 3.61. The zero-order valence-corrected chi connectivity index (χ0v) is 13.4. The molecule has 0 saturated heterocycles. The first-order valence-electron chi connectivity index (χ1n) is 7.26. The summed E-state index contributed by atoms with van der Waals surface area (Å²) in [7, 11) is 1.69. The van der Waals surface area contributed by atoms with Crippen LogP contribution in [-0.4, -0.2) is 17.1 Å². The van der Waals surface area contributed by atoms with Gasteiger partial charge in [0.05, 0.1) is 12.8 Å². The number of ether oxygens (including phenoxy) is 1. The minimum atomic E-state index is 0.566. The lowest BCUT2D eigenvalue weighted by atomic mass is 9.99. The van der Waals surface area contributed by atoms with E-state index in [1.54, 1.807) is 7.11 Å². The van der Waals surface area contributed by atoms with E-state index >= 15 is 0 Å². The van der Waals surface area contributed by atoms with Crippen LogP contribution in [0.5, 0.6) is 5.75 Å². The van der Waals surface area contributed by atoms with Crippen molar-refractivity contribution in [2.45, 2.75) is 40.5 Å². The molecule has 0 radical (unpaired) electrons. The SMILES string of the molecule is CCCc1nc(N)c(C)c(-c2cc(C)c(OC)cc2C)n1. The maximum atomic E-state index is 6.06. The molecule has 0 fully saturated rings. The number of nitrogen functional groups attached to an aromatic ring is 1. The van der Waals surface area contributed by atoms with E-state index in [1.165, 1.54) is 0 Å². The molecule has 1 aromatic carbocycles. The highest BCUT2D eigenvalue weighted by Crippen LogP contribution is 2.32. The topological polar surface area (TPSA) is 61.0 Å². The van der Waals surface area contributed by atoms with Crippen molar-refractivity contribution < 1.29 is 4.74 Å². The Morgan fingerprint density at radius 3 is 2.43 bits per heavy atom. The van der Waals surface area contributed by atoms with E-state index in [0.29, 0.717) is 5.82 Å². The third-order valence-corrected chi connectivity index (χ3v) is 3.70. The van der Waals surface area contributed by atoms with Gasteiger partial charge in [-0.3, -0.25) is 0 Å². The standard InChI is InChI=1S/C17H23N3O/c1-6-7-15-19-16(12(4)17(18)20-15)13-8-11(3)14(21-5)9-10(13)2/h8-9H,6-7H2,1-5H3,(H2,18,19,20). The Labute approximate surface area is 126 Å². The molecule has 0 bridgehead atoms. The van der Waals surface area contributed by atoms with E-state index in [4.69, 9.17) is 15.5 Å². The predicted molar refractivity (Wildman–Crippen MR) is 86.6 cm³/mol. The number of anilines is 1. The number of nitrogens with zero attached hydrogens (tertiary/aromatic N) is 2. The molecular weight excluding hydrogens is 262 g/mol. The van der Waals surface area contributed by atoms with E-state index in [9.17, 15) is 0 Å². The number of benzene rings is 1. The Hall–Kier alpha value is -2.10. The highest BCUT2D eigenvalue weighted by atomic mass is 16.5. The van der Waals surface area contributed by atoms with Crippen molar-refractivity contribution in [1.82, 2.24) is 9.97 Å². The summed E-state index contributed by atoms with van der Waals surface area (Å²) >= 11 is 0. The lowest BCUT2D eigenvalue weighted by Gasteiger charge is -2.14. The van der Waals surface area contributed by atoms with Gasteiger partial charge in [-0.25, -0.2) is 9.97 Å². The van der Waals surface area contributed by atoms with Crippen molar-refractivity contribution in [3.05, 3.63) is 34.6 Å². The average molecular weight is 285 g/mol. The number of rotatable bonds is 4. The van der Waals surface area contributed by atoms with Crippen LogP contribution in [0.15, 0.2) is 12.1 Å². The molecule has 0 aliphatic carbocycles. The Bertz CT molecular complexity index is 666. The molecule has 0 aliphatic rings. The van der Waals surface area contributed by atoms with E-state index in [0.717, 1.165) is 52.4 Å². The fraction of sp³-hybridized carbons (Fsp3) is 0.412. The first-order chi connectivity index (χ1) is 9.97. The second-order valence-electron chi connectivity index (χ2n) is 5.39. The van der Waals surface area contributed by atoms with Crippen LogP contribution in [0.2, 0.25) is 0 Å². The molecule has 4 heteroatoms. The molecule has 0 saturated carbocycles. The molecular formula is C17H23N3O. The molecule has 1 heterocycles. The van der Waals surface area contributed by atoms with Crippen molar-refractivity contribution >= 4 is 5.82 Å². The lowest BCUT2D eigenvalue weighted by molar-refractivity contribution is 0.411. The number of hydrogen-bond acceptors (Lipinski definition) is 4. The van der Waals surface area contributed by atoms with Gasteiger partial charge in [0, 0.05) is 17.5 Å². The molecule has 112 valence electrons. The van der Waals surface area contributed by atoms with Gasteiger partial charge in [0.15, 0.2) is 0 Å². The van der Waals surface area contributed by atoms with E-state index in [-0.39, 0.29) is 0 Å². The van der Waals surface area contributed by atoms with Crippen molar-refractivity contribution in [2.24, 2.45) is 0 Å². The highest BCUT2D eigenvalue weighted by Gasteiger charge is 2.14. The molecule has 1 aromatic heterocycles. The number of aryl methyl sites for hydroxylation is 3. The summed E-state index contributed by atoms with van der Waals surface area (Å²) in [5.41, 5.74) is 11.2. The van der Waals surface area contributed by atoms with Crippen LogP contribution in [0, 0.1) is 20.8 Å². The van der Waals surface area contributed by atoms with Crippen LogP contribution in [0.25, 0.3) is 11.3 Å². The van der Waals surface area contributed by atoms with Crippen LogP contribution in [0.3, 0.4) is 0 Å². The van der Waals surface area contributed by atoms with Crippen LogP contribution in [0.4, 0.5) is 5.82 Å². The third-order valence-electron chi connectivity index (χ3n) is 3.70. The van der Waals surface area contributed by atoms with Gasteiger partial charge < -0.3 is 10.5 Å². The van der Waals surface area contributed by atoms with Crippen molar-refractivity contribution in [3.8, 4) is 17.0 Å². The lowest BCUT2D eigenvalue weighted by Crippen LogP contribution is -2.05. The molecule has 0 unspecified atom stereocenters. The maximum absolute atomic E-state index is 6.06. The molecule has 0 aliphatic heterocycles. The monoisotopic (exact) mass is 285 g/mol. The molecule has 4 nitrogen and oxygen atoms in total. The van der Waals surface area contributed by atoms with E-state index < -0.39 is 0 Å². The number of methoxy groups -OCH3 is 1. The fourth-order valence-electron chi connectivity index (χ4n) is 2.44. The van der Waals surface area contributed by atoms with Crippen molar-refractivity contribution in [3.63, 3.8) is 0 Å². The molecule has 2 N–H and O–H groups in total. The average Bonchev–Trinajstić information content (AvgIpc) is 2.45. The second-order valence-corrected chi connectivity index (χ2v) is 5.39. The summed E-state index contributed by atoms with van der Waals surface area (Å²) in [5, 5.41) is 0. The quantitative estimate of drug-likeness (QED) is 0.932. The minimum absolute atomic E-state index is 0.566. The highest BCUT2D eigenvalue weighted by molar-refractivity contribution is 5.72. The zero-order valence-electron chi connectivity index (χ0n) is 13.4. The van der Waals surface area contributed by atoms with E-state index in [1.807, 2.05) is 19.9 Å². The second kappa shape index (κ2) is 6.12. The summed E-state index contributed by atoms with van der Waals surface area (Å²) in [4.78, 5) is 9.10. The first-order valence-corrected chi connectivity index (χ1v) is 7.26. The molecule has 2 rings (SSSR count). The first kappa shape index (κ1) is 15.3. The summed E-state index contributed by atoms with van der Waals surface area (Å²) in [6.45, 7) is 8.18. The Morgan fingerprint density at radius 2 is 1.81 bits per heavy atom. The normalized spacial score (nSPS) is 10.7. The zero-order chi connectivity index (χ0) is 15.6. The van der Waals surface area contributed by atoms with Gasteiger partial charge in [-0.2, -0.15) is 0 Å². The van der Waals surface area contributed by atoms with Gasteiger partial charge in [0.25, 0.3) is 0 Å². The Morgan fingerprint density at radius 1 is 1.10 bits per heavy atom. The fourth-order valence-corrected chi connectivity index (χ4v) is 2.44. The summed E-state index contributed by atoms with van der Waals surface area (Å²) in [6, 6.07) is 4.15. The van der Waals surface area contributed by atoms with Gasteiger partial charge in [-0.1, -0.05) is 6.92 Å². The Balaban J connectivity index is 2.63. The molecule has 2 aromatic rings. The van der Waals surface area contributed by atoms with Gasteiger partial charge in [0.1, 0.15) is 17.4 Å². The van der Waals surface area contributed by atoms with Crippen LogP contribution >= 0.6 is 0 Å². The van der Waals surface area contributed by atoms with Gasteiger partial charge >= 0.3 is 0 Å². The summed E-state index contributed by atoms with van der Waals surface area (Å²) in [6.07, 6.45) is 1.84. The number of hydrogen-bond donors (Lipinski definition) is 1. The Kier molecular flexibility index (Phi) is 4.46. The van der Waals surface area contributed by atoms with Crippen molar-refractivity contribution in [2.75, 3.05) is 12.8 Å². The molecule has 0 atom stereocenters. The van der Waals surface area contributed by atoms with Gasteiger partial charge in [-0.15, -0.1) is 0 Å². The largest absolute Gasteiger partial charge is 0.496 e. The number of aromatic nitrogens is 2. The maximum Gasteiger partial charge on any atom is 0.131 e. The minimum Gasteiger partial charge on any atom is -0.496 e. The number of nitrogens with two attached hydrogens (primary N) is 1. The summed E-state index contributed by atoms with van der Waals surface area (Å²) < 4.78 is 5.38. The van der Waals surface area contributed by atoms with Crippen molar-refractivity contribution in [1.29, 1.82) is 0 Å². The van der Waals surface area contributed by atoms with E-state index in [2.05, 4.69) is 24.9 Å². The van der Waals surface area contributed by atoms with Crippen LogP contribution < -0.4 is 10.5 Å². The molecule has 21 heavy (non-hydrogen) atoms. The summed E-state index contributed by atoms with van der Waals surface area (Å²) in [5.74, 6) is 2.27. The molecule has 0 spiro atoms. The smallest absolute Gasteiger partial charge is 0.131 e. The third kappa shape index (κ3) is 2.99. The van der Waals surface area contributed by atoms with Gasteiger partial charge in [0.2, 0.25) is 0 Å².